The van der Waals surface area contributed by atoms with E-state index in [1.54, 1.807) is 14.0 Å². The maximum Gasteiger partial charge on any atom is 0.242 e. The smallest absolute Gasteiger partial charge is 0.242 e. The minimum absolute atomic E-state index is 0.178. The first-order valence-electron chi connectivity index (χ1n) is 5.28. The Morgan fingerprint density at radius 1 is 1.72 bits per heavy atom. The van der Waals surface area contributed by atoms with Crippen LogP contribution in [0.3, 0.4) is 0 Å². The number of nitrogen functional groups attached to an aromatic ring is 1. The number of carbonyl (C=O) groups excluding carboxylic acids is 1. The molecule has 0 saturated carbocycles. The number of nitriles is 1. The average molecular weight is 269 g/mol. The summed E-state index contributed by atoms with van der Waals surface area (Å²) in [6, 6.07) is 1.47. The van der Waals surface area contributed by atoms with E-state index in [-0.39, 0.29) is 17.3 Å². The Balaban J connectivity index is 2.56. The van der Waals surface area contributed by atoms with Crippen LogP contribution in [0.5, 0.6) is 0 Å². The van der Waals surface area contributed by atoms with E-state index in [1.807, 2.05) is 6.07 Å². The Bertz CT molecular complexity index is 454. The van der Waals surface area contributed by atoms with E-state index in [0.717, 1.165) is 11.5 Å². The number of methoxy groups -OCH3 is 1. The van der Waals surface area contributed by atoms with Crippen LogP contribution >= 0.6 is 11.5 Å². The first kappa shape index (κ1) is 14.2. The molecular formula is C10H15N5O2S. The summed E-state index contributed by atoms with van der Waals surface area (Å²) in [6.07, 6.45) is 0. The van der Waals surface area contributed by atoms with Crippen molar-refractivity contribution in [2.75, 3.05) is 31.3 Å². The molecule has 1 atom stereocenters. The van der Waals surface area contributed by atoms with E-state index in [0.29, 0.717) is 18.2 Å². The SMILES string of the molecule is COCCNC(=O)C(C)Nc1snc(N)c1C#N. The molecule has 8 heteroatoms. The van der Waals surface area contributed by atoms with Gasteiger partial charge in [0.05, 0.1) is 6.61 Å². The van der Waals surface area contributed by atoms with Gasteiger partial charge in [-0.25, -0.2) is 0 Å². The largest absolute Gasteiger partial charge is 0.383 e. The number of aromatic nitrogens is 1. The van der Waals surface area contributed by atoms with Crippen molar-refractivity contribution in [2.45, 2.75) is 13.0 Å². The van der Waals surface area contributed by atoms with Gasteiger partial charge in [0.15, 0.2) is 5.82 Å². The summed E-state index contributed by atoms with van der Waals surface area (Å²) in [6.45, 7) is 2.59. The highest BCUT2D eigenvalue weighted by molar-refractivity contribution is 7.10. The molecule has 18 heavy (non-hydrogen) atoms. The number of nitrogens with one attached hydrogen (secondary N) is 2. The molecule has 98 valence electrons. The highest BCUT2D eigenvalue weighted by Gasteiger charge is 2.17. The third-order valence-electron chi connectivity index (χ3n) is 2.18. The molecule has 1 unspecified atom stereocenters. The van der Waals surface area contributed by atoms with E-state index in [2.05, 4.69) is 15.0 Å². The molecule has 4 N–H and O–H groups in total. The van der Waals surface area contributed by atoms with Gasteiger partial charge >= 0.3 is 0 Å². The Labute approximate surface area is 109 Å². The van der Waals surface area contributed by atoms with Gasteiger partial charge in [-0.2, -0.15) is 9.64 Å². The lowest BCUT2D eigenvalue weighted by molar-refractivity contribution is -0.121. The van der Waals surface area contributed by atoms with Gasteiger partial charge in [-0.3, -0.25) is 4.79 Å². The fourth-order valence-electron chi connectivity index (χ4n) is 1.20. The molecule has 7 nitrogen and oxygen atoms in total. The maximum absolute atomic E-state index is 11.7. The zero-order chi connectivity index (χ0) is 13.5. The van der Waals surface area contributed by atoms with Crippen LogP contribution in [0.2, 0.25) is 0 Å². The summed E-state index contributed by atoms with van der Waals surface area (Å²) in [4.78, 5) is 11.7. The quantitative estimate of drug-likeness (QED) is 0.634. The molecule has 0 aromatic carbocycles. The van der Waals surface area contributed by atoms with E-state index in [9.17, 15) is 4.79 Å². The Kier molecular flexibility index (Phi) is 5.35. The molecule has 1 heterocycles. The summed E-state index contributed by atoms with van der Waals surface area (Å²) in [7, 11) is 1.56. The van der Waals surface area contributed by atoms with Crippen molar-refractivity contribution >= 4 is 28.3 Å². The van der Waals surface area contributed by atoms with E-state index in [1.165, 1.54) is 0 Å². The number of hydrogen-bond donors (Lipinski definition) is 3. The summed E-state index contributed by atoms with van der Waals surface area (Å²) in [5, 5.41) is 15.0. The van der Waals surface area contributed by atoms with Crippen molar-refractivity contribution in [3.63, 3.8) is 0 Å². The van der Waals surface area contributed by atoms with Crippen LogP contribution in [0.1, 0.15) is 12.5 Å². The molecule has 0 aliphatic rings. The van der Waals surface area contributed by atoms with E-state index >= 15 is 0 Å². The first-order chi connectivity index (χ1) is 8.60. The predicted octanol–water partition coefficient (Wildman–Crippen LogP) is 0.160. The van der Waals surface area contributed by atoms with Crippen LogP contribution in [0.4, 0.5) is 10.8 Å². The fraction of sp³-hybridized carbons (Fsp3) is 0.500. The topological polar surface area (TPSA) is 113 Å². The number of anilines is 2. The monoisotopic (exact) mass is 269 g/mol. The highest BCUT2D eigenvalue weighted by Crippen LogP contribution is 2.26. The average Bonchev–Trinajstić information content (AvgIpc) is 2.69. The summed E-state index contributed by atoms with van der Waals surface area (Å²) in [5.41, 5.74) is 5.80. The number of hydrogen-bond acceptors (Lipinski definition) is 7. The number of amides is 1. The van der Waals surface area contributed by atoms with Crippen molar-refractivity contribution in [1.29, 1.82) is 5.26 Å². The van der Waals surface area contributed by atoms with Gasteiger partial charge in [-0.05, 0) is 18.5 Å². The molecule has 1 aromatic heterocycles. The van der Waals surface area contributed by atoms with Crippen molar-refractivity contribution in [3.8, 4) is 6.07 Å². The zero-order valence-corrected chi connectivity index (χ0v) is 11.0. The molecule has 0 fully saturated rings. The minimum Gasteiger partial charge on any atom is -0.383 e. The Hall–Kier alpha value is -1.85. The van der Waals surface area contributed by atoms with Crippen molar-refractivity contribution in [2.24, 2.45) is 0 Å². The second-order valence-corrected chi connectivity index (χ2v) is 4.31. The standard InChI is InChI=1S/C10H15N5O2S/c1-6(9(16)13-3-4-17-2)14-10-7(5-11)8(12)15-18-10/h6,14H,3-4H2,1-2H3,(H2,12,15)(H,13,16). The number of nitrogens with zero attached hydrogens (tertiary/aromatic N) is 2. The molecule has 0 aliphatic heterocycles. The van der Waals surface area contributed by atoms with E-state index < -0.39 is 6.04 Å². The number of rotatable bonds is 6. The first-order valence-corrected chi connectivity index (χ1v) is 6.06. The second kappa shape index (κ2) is 6.78. The van der Waals surface area contributed by atoms with Crippen LogP contribution in [0.25, 0.3) is 0 Å². The lowest BCUT2D eigenvalue weighted by Gasteiger charge is -2.13. The molecule has 0 bridgehead atoms. The van der Waals surface area contributed by atoms with Crippen LogP contribution < -0.4 is 16.4 Å². The highest BCUT2D eigenvalue weighted by atomic mass is 32.1. The van der Waals surface area contributed by atoms with Gasteiger partial charge in [0.2, 0.25) is 5.91 Å². The molecule has 0 radical (unpaired) electrons. The van der Waals surface area contributed by atoms with E-state index in [4.69, 9.17) is 15.7 Å². The number of nitrogens with two attached hydrogens (primary N) is 1. The van der Waals surface area contributed by atoms with Crippen LogP contribution in [-0.2, 0) is 9.53 Å². The van der Waals surface area contributed by atoms with Gasteiger partial charge in [-0.1, -0.05) is 0 Å². The summed E-state index contributed by atoms with van der Waals surface area (Å²) in [5.74, 6) is -0.0000904. The fourth-order valence-corrected chi connectivity index (χ4v) is 1.95. The Morgan fingerprint density at radius 2 is 2.44 bits per heavy atom. The lowest BCUT2D eigenvalue weighted by Crippen LogP contribution is -2.39. The molecule has 0 saturated heterocycles. The van der Waals surface area contributed by atoms with Crippen molar-refractivity contribution < 1.29 is 9.53 Å². The van der Waals surface area contributed by atoms with Crippen molar-refractivity contribution in [1.82, 2.24) is 9.69 Å². The maximum atomic E-state index is 11.7. The summed E-state index contributed by atoms with van der Waals surface area (Å²) < 4.78 is 8.69. The van der Waals surface area contributed by atoms with Gasteiger partial charge in [-0.15, -0.1) is 0 Å². The zero-order valence-electron chi connectivity index (χ0n) is 10.2. The van der Waals surface area contributed by atoms with Crippen LogP contribution in [-0.4, -0.2) is 36.6 Å². The summed E-state index contributed by atoms with van der Waals surface area (Å²) >= 11 is 1.06. The third-order valence-corrected chi connectivity index (χ3v) is 2.97. The van der Waals surface area contributed by atoms with Crippen LogP contribution in [0.15, 0.2) is 0 Å². The normalized spacial score (nSPS) is 11.6. The molecule has 1 amide bonds. The van der Waals surface area contributed by atoms with Gasteiger partial charge in [0, 0.05) is 13.7 Å². The Morgan fingerprint density at radius 3 is 3.06 bits per heavy atom. The second-order valence-electron chi connectivity index (χ2n) is 3.53. The molecule has 0 aliphatic carbocycles. The van der Waals surface area contributed by atoms with Crippen molar-refractivity contribution in [3.05, 3.63) is 5.56 Å². The molecule has 0 spiro atoms. The molecule has 1 aromatic rings. The number of ether oxygens (including phenoxy) is 1. The predicted molar refractivity (Wildman–Crippen MR) is 69.2 cm³/mol. The number of carbonyl (C=O) groups is 1. The third kappa shape index (κ3) is 3.58. The van der Waals surface area contributed by atoms with Gasteiger partial charge in [0.1, 0.15) is 22.7 Å². The molecule has 1 rings (SSSR count). The van der Waals surface area contributed by atoms with Crippen LogP contribution in [0, 0.1) is 11.3 Å². The van der Waals surface area contributed by atoms with Gasteiger partial charge < -0.3 is 21.1 Å². The lowest BCUT2D eigenvalue weighted by atomic mass is 10.3. The molecular weight excluding hydrogens is 254 g/mol. The van der Waals surface area contributed by atoms with Gasteiger partial charge in [0.25, 0.3) is 0 Å². The minimum atomic E-state index is -0.478.